The summed E-state index contributed by atoms with van der Waals surface area (Å²) in [5.74, 6) is 0.204. The molecule has 2 nitrogen and oxygen atoms in total. The average Bonchev–Trinajstić information content (AvgIpc) is 2.29. The fourth-order valence-electron chi connectivity index (χ4n) is 1.35. The fraction of sp³-hybridized carbons (Fsp3) is 0. The minimum atomic E-state index is 0.204. The number of benzene rings is 2. The van der Waals surface area contributed by atoms with Crippen LogP contribution in [0.15, 0.2) is 52.3 Å². The molecule has 0 radical (unpaired) electrons. The summed E-state index contributed by atoms with van der Waals surface area (Å²) in [6, 6.07) is 14.1. The Bertz CT molecular complexity index is 592. The van der Waals surface area contributed by atoms with E-state index in [1.165, 1.54) is 11.8 Å². The zero-order chi connectivity index (χ0) is 12.3. The minimum absolute atomic E-state index is 0.204. The predicted molar refractivity (Wildman–Crippen MR) is 68.4 cm³/mol. The number of phenolic OH excluding ortho intramolecular Hbond substituents is 1. The number of nitriles is 1. The van der Waals surface area contributed by atoms with Crippen molar-refractivity contribution in [1.82, 2.24) is 0 Å². The third-order valence-electron chi connectivity index (χ3n) is 2.11. The number of hydrogen-bond acceptors (Lipinski definition) is 3. The van der Waals surface area contributed by atoms with Crippen LogP contribution in [0.25, 0.3) is 0 Å². The summed E-state index contributed by atoms with van der Waals surface area (Å²) in [6.07, 6.45) is 0. The van der Waals surface area contributed by atoms with Crippen molar-refractivity contribution >= 4 is 23.4 Å². The summed E-state index contributed by atoms with van der Waals surface area (Å²) in [6.45, 7) is 0. The van der Waals surface area contributed by atoms with Gasteiger partial charge in [0.2, 0.25) is 0 Å². The molecule has 0 saturated heterocycles. The van der Waals surface area contributed by atoms with E-state index in [9.17, 15) is 5.11 Å². The molecule has 17 heavy (non-hydrogen) atoms. The Morgan fingerprint density at radius 3 is 2.71 bits per heavy atom. The highest BCUT2D eigenvalue weighted by atomic mass is 35.5. The van der Waals surface area contributed by atoms with Gasteiger partial charge in [-0.1, -0.05) is 29.4 Å². The largest absolute Gasteiger partial charge is 0.508 e. The summed E-state index contributed by atoms with van der Waals surface area (Å²) < 4.78 is 0. The summed E-state index contributed by atoms with van der Waals surface area (Å²) in [4.78, 5) is 1.65. The second kappa shape index (κ2) is 5.13. The van der Waals surface area contributed by atoms with Crippen molar-refractivity contribution in [1.29, 1.82) is 5.26 Å². The van der Waals surface area contributed by atoms with Crippen LogP contribution < -0.4 is 0 Å². The summed E-state index contributed by atoms with van der Waals surface area (Å²) in [7, 11) is 0. The average molecular weight is 262 g/mol. The monoisotopic (exact) mass is 261 g/mol. The zero-order valence-corrected chi connectivity index (χ0v) is 10.3. The Hall–Kier alpha value is -1.63. The lowest BCUT2D eigenvalue weighted by molar-refractivity contribution is 0.474. The Kier molecular flexibility index (Phi) is 3.58. The van der Waals surface area contributed by atoms with Gasteiger partial charge in [0.15, 0.2) is 0 Å². The smallest absolute Gasteiger partial charge is 0.116 e. The topological polar surface area (TPSA) is 44.0 Å². The number of phenols is 1. The van der Waals surface area contributed by atoms with Gasteiger partial charge < -0.3 is 5.11 Å². The van der Waals surface area contributed by atoms with E-state index in [1.807, 2.05) is 6.07 Å². The van der Waals surface area contributed by atoms with Gasteiger partial charge in [0, 0.05) is 14.8 Å². The first kappa shape index (κ1) is 11.8. The van der Waals surface area contributed by atoms with Gasteiger partial charge in [0.25, 0.3) is 0 Å². The molecule has 2 aromatic rings. The van der Waals surface area contributed by atoms with Crippen LogP contribution in [0.3, 0.4) is 0 Å². The van der Waals surface area contributed by atoms with Crippen molar-refractivity contribution in [2.45, 2.75) is 9.79 Å². The Balaban J connectivity index is 2.36. The van der Waals surface area contributed by atoms with Crippen LogP contribution in [0.5, 0.6) is 5.75 Å². The summed E-state index contributed by atoms with van der Waals surface area (Å²) >= 11 is 7.30. The number of halogens is 1. The molecule has 0 bridgehead atoms. The lowest BCUT2D eigenvalue weighted by Gasteiger charge is -2.04. The molecule has 84 valence electrons. The van der Waals surface area contributed by atoms with Crippen molar-refractivity contribution in [3.8, 4) is 11.8 Å². The molecule has 0 aliphatic heterocycles. The number of aromatic hydroxyl groups is 1. The Morgan fingerprint density at radius 2 is 2.00 bits per heavy atom. The second-order valence-electron chi connectivity index (χ2n) is 3.35. The minimum Gasteiger partial charge on any atom is -0.508 e. The molecule has 0 aliphatic carbocycles. The molecule has 4 heteroatoms. The fourth-order valence-corrected chi connectivity index (χ4v) is 2.57. The van der Waals surface area contributed by atoms with Gasteiger partial charge in [-0.25, -0.2) is 0 Å². The van der Waals surface area contributed by atoms with Crippen LogP contribution in [0.2, 0.25) is 5.02 Å². The Labute approximate surface area is 108 Å². The van der Waals surface area contributed by atoms with Crippen molar-refractivity contribution in [3.05, 3.63) is 53.1 Å². The van der Waals surface area contributed by atoms with Crippen molar-refractivity contribution in [2.24, 2.45) is 0 Å². The SMILES string of the molecule is N#Cc1ccc(Cl)cc1Sc1cccc(O)c1. The van der Waals surface area contributed by atoms with E-state index in [-0.39, 0.29) is 5.75 Å². The molecular formula is C13H8ClNOS. The van der Waals surface area contributed by atoms with Gasteiger partial charge in [-0.05, 0) is 36.4 Å². The maximum atomic E-state index is 9.37. The molecule has 0 spiro atoms. The van der Waals surface area contributed by atoms with Crippen LogP contribution in [0.4, 0.5) is 0 Å². The highest BCUT2D eigenvalue weighted by Crippen LogP contribution is 2.33. The first-order valence-electron chi connectivity index (χ1n) is 4.85. The van der Waals surface area contributed by atoms with E-state index in [1.54, 1.807) is 36.4 Å². The molecule has 0 aromatic heterocycles. The van der Waals surface area contributed by atoms with Crippen molar-refractivity contribution in [3.63, 3.8) is 0 Å². The third kappa shape index (κ3) is 2.94. The molecular weight excluding hydrogens is 254 g/mol. The van der Waals surface area contributed by atoms with Gasteiger partial charge in [0.1, 0.15) is 11.8 Å². The number of hydrogen-bond donors (Lipinski definition) is 1. The molecule has 1 N–H and O–H groups in total. The summed E-state index contributed by atoms with van der Waals surface area (Å²) in [5, 5.41) is 18.9. The van der Waals surface area contributed by atoms with Crippen molar-refractivity contribution < 1.29 is 5.11 Å². The standard InChI is InChI=1S/C13H8ClNOS/c14-10-5-4-9(8-15)13(6-10)17-12-3-1-2-11(16)7-12/h1-7,16H. The number of nitrogens with zero attached hydrogens (tertiary/aromatic N) is 1. The molecule has 0 amide bonds. The lowest BCUT2D eigenvalue weighted by Crippen LogP contribution is -1.81. The van der Waals surface area contributed by atoms with E-state index < -0.39 is 0 Å². The van der Waals surface area contributed by atoms with Crippen LogP contribution >= 0.6 is 23.4 Å². The second-order valence-corrected chi connectivity index (χ2v) is 4.90. The lowest BCUT2D eigenvalue weighted by atomic mass is 10.2. The zero-order valence-electron chi connectivity index (χ0n) is 8.72. The molecule has 0 aliphatic rings. The van der Waals surface area contributed by atoms with Gasteiger partial charge in [-0.3, -0.25) is 0 Å². The molecule has 2 rings (SSSR count). The van der Waals surface area contributed by atoms with E-state index in [2.05, 4.69) is 6.07 Å². The van der Waals surface area contributed by atoms with Crippen LogP contribution in [-0.4, -0.2) is 5.11 Å². The van der Waals surface area contributed by atoms with E-state index in [0.717, 1.165) is 9.79 Å². The molecule has 0 saturated carbocycles. The first-order chi connectivity index (χ1) is 8.19. The summed E-state index contributed by atoms with van der Waals surface area (Å²) in [5.41, 5.74) is 0.572. The first-order valence-corrected chi connectivity index (χ1v) is 6.05. The Morgan fingerprint density at radius 1 is 1.18 bits per heavy atom. The molecule has 0 atom stereocenters. The molecule has 0 heterocycles. The third-order valence-corrected chi connectivity index (χ3v) is 3.39. The van der Waals surface area contributed by atoms with Crippen LogP contribution in [0.1, 0.15) is 5.56 Å². The van der Waals surface area contributed by atoms with Gasteiger partial charge in [0.05, 0.1) is 5.56 Å². The van der Waals surface area contributed by atoms with E-state index >= 15 is 0 Å². The van der Waals surface area contributed by atoms with Crippen molar-refractivity contribution in [2.75, 3.05) is 0 Å². The van der Waals surface area contributed by atoms with Gasteiger partial charge in [-0.15, -0.1) is 0 Å². The highest BCUT2D eigenvalue weighted by molar-refractivity contribution is 7.99. The predicted octanol–water partition coefficient (Wildman–Crippen LogP) is 4.07. The van der Waals surface area contributed by atoms with E-state index in [4.69, 9.17) is 16.9 Å². The maximum absolute atomic E-state index is 9.37. The van der Waals surface area contributed by atoms with Crippen LogP contribution in [0, 0.1) is 11.3 Å². The quantitative estimate of drug-likeness (QED) is 0.886. The number of rotatable bonds is 2. The maximum Gasteiger partial charge on any atom is 0.116 e. The van der Waals surface area contributed by atoms with Crippen LogP contribution in [-0.2, 0) is 0 Å². The van der Waals surface area contributed by atoms with Gasteiger partial charge >= 0.3 is 0 Å². The van der Waals surface area contributed by atoms with Gasteiger partial charge in [-0.2, -0.15) is 5.26 Å². The molecule has 0 unspecified atom stereocenters. The highest BCUT2D eigenvalue weighted by Gasteiger charge is 2.05. The molecule has 0 fully saturated rings. The normalized spacial score (nSPS) is 9.88. The molecule has 2 aromatic carbocycles. The van der Waals surface area contributed by atoms with E-state index in [0.29, 0.717) is 10.6 Å².